The highest BCUT2D eigenvalue weighted by molar-refractivity contribution is 9.10. The molecule has 9 heteroatoms. The number of ketones is 1. The number of hydrogen-bond acceptors (Lipinski definition) is 7. The summed E-state index contributed by atoms with van der Waals surface area (Å²) in [5.74, 6) is -1.38. The number of carbonyl (C=O) groups is 4. The first-order valence-electron chi connectivity index (χ1n) is 17.0. The van der Waals surface area contributed by atoms with Gasteiger partial charge in [0.2, 0.25) is 17.6 Å². The Balaban J connectivity index is 1.13. The number of Topliss-reactive ketones (excluding diaryl/α,β-unsaturated/α-hetero) is 1. The fourth-order valence-corrected chi connectivity index (χ4v) is 7.26. The fourth-order valence-electron chi connectivity index (χ4n) is 6.75. The number of rotatable bonds is 10. The Labute approximate surface area is 304 Å². The summed E-state index contributed by atoms with van der Waals surface area (Å²) in [4.78, 5) is 59.8. The summed E-state index contributed by atoms with van der Waals surface area (Å²) in [6.45, 7) is 3.97. The van der Waals surface area contributed by atoms with Crippen LogP contribution < -0.4 is 9.64 Å². The maximum Gasteiger partial charge on any atom is 0.339 e. The van der Waals surface area contributed by atoms with E-state index in [1.165, 1.54) is 4.90 Å². The maximum atomic E-state index is 13.9. The monoisotopic (exact) mass is 742 g/mol. The normalized spacial score (nSPS) is 17.4. The van der Waals surface area contributed by atoms with Gasteiger partial charge in [-0.3, -0.25) is 19.3 Å². The molecule has 0 spiro atoms. The van der Waals surface area contributed by atoms with Crippen LogP contribution in [-0.4, -0.2) is 34.7 Å². The lowest BCUT2D eigenvalue weighted by atomic mass is 9.85. The predicted molar refractivity (Wildman–Crippen MR) is 199 cm³/mol. The van der Waals surface area contributed by atoms with Gasteiger partial charge in [0.15, 0.2) is 6.10 Å². The summed E-state index contributed by atoms with van der Waals surface area (Å²) in [5, 5.41) is 0.593. The molecule has 1 saturated heterocycles. The molecule has 1 aliphatic carbocycles. The quantitative estimate of drug-likeness (QED) is 0.0611. The SMILES string of the molecule is CCc1cc(Br)cc2c(C(=O)OC(C)C(=O)c3ccc(OCc4ccccc4)cc3)cc(-c3ccc(N4C(=O)C5CC=CCC5C4=O)cc3)nc12. The van der Waals surface area contributed by atoms with Crippen molar-refractivity contribution in [1.29, 1.82) is 0 Å². The van der Waals surface area contributed by atoms with Crippen LogP contribution in [0.2, 0.25) is 0 Å². The van der Waals surface area contributed by atoms with E-state index in [9.17, 15) is 19.2 Å². The Bertz CT molecular complexity index is 2150. The molecule has 8 nitrogen and oxygen atoms in total. The van der Waals surface area contributed by atoms with Gasteiger partial charge < -0.3 is 9.47 Å². The third-order valence-corrected chi connectivity index (χ3v) is 9.98. The van der Waals surface area contributed by atoms with Crippen LogP contribution >= 0.6 is 15.9 Å². The number of benzene rings is 4. The van der Waals surface area contributed by atoms with Gasteiger partial charge in [-0.25, -0.2) is 9.78 Å². The number of aromatic nitrogens is 1. The number of esters is 1. The highest BCUT2D eigenvalue weighted by Crippen LogP contribution is 2.38. The second kappa shape index (κ2) is 14.4. The molecule has 0 N–H and O–H groups in total. The minimum Gasteiger partial charge on any atom is -0.489 e. The molecule has 1 fully saturated rings. The maximum absolute atomic E-state index is 13.9. The van der Waals surface area contributed by atoms with Crippen LogP contribution in [0.4, 0.5) is 5.69 Å². The molecule has 4 aromatic carbocycles. The molecule has 0 bridgehead atoms. The van der Waals surface area contributed by atoms with E-state index in [0.29, 0.717) is 65.0 Å². The molecule has 256 valence electrons. The second-order valence-electron chi connectivity index (χ2n) is 12.8. The van der Waals surface area contributed by atoms with Crippen molar-refractivity contribution in [3.8, 4) is 17.0 Å². The van der Waals surface area contributed by atoms with Gasteiger partial charge in [-0.1, -0.05) is 77.5 Å². The number of pyridine rings is 1. The lowest BCUT2D eigenvalue weighted by Gasteiger charge is -2.17. The molecule has 5 aromatic rings. The number of anilines is 1. The summed E-state index contributed by atoms with van der Waals surface area (Å²) in [5.41, 5.74) is 4.97. The minimum absolute atomic E-state index is 0.176. The molecular formula is C42H35BrN2O6. The number of halogens is 1. The lowest BCUT2D eigenvalue weighted by Crippen LogP contribution is -2.30. The van der Waals surface area contributed by atoms with E-state index in [1.54, 1.807) is 61.5 Å². The van der Waals surface area contributed by atoms with Gasteiger partial charge in [0.1, 0.15) is 12.4 Å². The number of amides is 2. The van der Waals surface area contributed by atoms with Crippen molar-refractivity contribution >= 4 is 56.1 Å². The molecule has 3 atom stereocenters. The van der Waals surface area contributed by atoms with Crippen molar-refractivity contribution in [3.05, 3.63) is 136 Å². The van der Waals surface area contributed by atoms with E-state index >= 15 is 0 Å². The largest absolute Gasteiger partial charge is 0.489 e. The van der Waals surface area contributed by atoms with E-state index < -0.39 is 12.1 Å². The molecular weight excluding hydrogens is 708 g/mol. The van der Waals surface area contributed by atoms with E-state index in [2.05, 4.69) is 15.9 Å². The standard InChI is InChI=1S/C42H35BrN2O6/c1-3-27-21-30(43)22-35-36(42(49)51-25(2)39(46)29-15-19-32(20-16-29)50-24-26-9-5-4-6-10-26)23-37(44-38(27)35)28-13-17-31(18-14-28)45-40(47)33-11-7-8-12-34(33)41(45)48/h4-10,13-23,25,33-34H,3,11-12,24H2,1-2H3. The van der Waals surface area contributed by atoms with Crippen LogP contribution in [0, 0.1) is 11.8 Å². The summed E-state index contributed by atoms with van der Waals surface area (Å²) in [6.07, 6.45) is 4.67. The minimum atomic E-state index is -1.06. The zero-order valence-corrected chi connectivity index (χ0v) is 29.8. The molecule has 0 radical (unpaired) electrons. The van der Waals surface area contributed by atoms with E-state index in [1.807, 2.05) is 61.5 Å². The zero-order chi connectivity index (χ0) is 35.6. The molecule has 2 amide bonds. The van der Waals surface area contributed by atoms with Crippen LogP contribution in [0.5, 0.6) is 5.75 Å². The summed E-state index contributed by atoms with van der Waals surface area (Å²) in [6, 6.07) is 29.1. The number of carbonyl (C=O) groups excluding carboxylic acids is 4. The molecule has 51 heavy (non-hydrogen) atoms. The molecule has 2 aliphatic rings. The summed E-state index contributed by atoms with van der Waals surface area (Å²) < 4.78 is 12.4. The number of aryl methyl sites for hydroxylation is 1. The Hall–Kier alpha value is -5.41. The van der Waals surface area contributed by atoms with E-state index in [0.717, 1.165) is 15.6 Å². The fraction of sp³-hybridized carbons (Fsp3) is 0.214. The van der Waals surface area contributed by atoms with Gasteiger partial charge >= 0.3 is 5.97 Å². The molecule has 2 heterocycles. The van der Waals surface area contributed by atoms with Gasteiger partial charge in [0.05, 0.1) is 34.3 Å². The van der Waals surface area contributed by atoms with Crippen molar-refractivity contribution in [2.24, 2.45) is 11.8 Å². The van der Waals surface area contributed by atoms with Crippen molar-refractivity contribution in [1.82, 2.24) is 4.98 Å². The van der Waals surface area contributed by atoms with Crippen molar-refractivity contribution in [2.75, 3.05) is 4.90 Å². The number of imide groups is 1. The van der Waals surface area contributed by atoms with Crippen LogP contribution in [0.3, 0.4) is 0 Å². The first kappa shape index (κ1) is 34.1. The van der Waals surface area contributed by atoms with E-state index in [4.69, 9.17) is 14.5 Å². The van der Waals surface area contributed by atoms with Crippen LogP contribution in [-0.2, 0) is 27.4 Å². The lowest BCUT2D eigenvalue weighted by molar-refractivity contribution is -0.122. The molecule has 3 unspecified atom stereocenters. The summed E-state index contributed by atoms with van der Waals surface area (Å²) >= 11 is 3.57. The average molecular weight is 744 g/mol. The average Bonchev–Trinajstić information content (AvgIpc) is 3.42. The molecule has 0 saturated carbocycles. The number of fused-ring (bicyclic) bond motifs is 2. The second-order valence-corrected chi connectivity index (χ2v) is 13.7. The third-order valence-electron chi connectivity index (χ3n) is 9.53. The van der Waals surface area contributed by atoms with Crippen molar-refractivity contribution in [2.45, 2.75) is 45.8 Å². The Morgan fingerprint density at radius 1 is 0.882 bits per heavy atom. The van der Waals surface area contributed by atoms with Gasteiger partial charge in [0.25, 0.3) is 0 Å². The van der Waals surface area contributed by atoms with Crippen molar-refractivity contribution < 1.29 is 28.7 Å². The Morgan fingerprint density at radius 3 is 2.20 bits per heavy atom. The van der Waals surface area contributed by atoms with Crippen LogP contribution in [0.1, 0.15) is 58.5 Å². The van der Waals surface area contributed by atoms with Gasteiger partial charge in [-0.2, -0.15) is 0 Å². The highest BCUT2D eigenvalue weighted by Gasteiger charge is 2.47. The molecule has 1 aromatic heterocycles. The third kappa shape index (κ3) is 6.86. The Kier molecular flexibility index (Phi) is 9.65. The molecule has 7 rings (SSSR count). The number of nitrogens with zero attached hydrogens (tertiary/aromatic N) is 2. The predicted octanol–water partition coefficient (Wildman–Crippen LogP) is 8.69. The van der Waals surface area contributed by atoms with Crippen molar-refractivity contribution in [3.63, 3.8) is 0 Å². The summed E-state index contributed by atoms with van der Waals surface area (Å²) in [7, 11) is 0. The zero-order valence-electron chi connectivity index (χ0n) is 28.2. The van der Waals surface area contributed by atoms with Gasteiger partial charge in [-0.15, -0.1) is 0 Å². The van der Waals surface area contributed by atoms with Gasteiger partial charge in [0, 0.05) is 21.0 Å². The van der Waals surface area contributed by atoms with Gasteiger partial charge in [-0.05, 0) is 91.9 Å². The first-order chi connectivity index (χ1) is 24.7. The topological polar surface area (TPSA) is 103 Å². The number of allylic oxidation sites excluding steroid dienone is 2. The number of ether oxygens (including phenoxy) is 2. The Morgan fingerprint density at radius 2 is 1.55 bits per heavy atom. The smallest absolute Gasteiger partial charge is 0.339 e. The highest BCUT2D eigenvalue weighted by atomic mass is 79.9. The van der Waals surface area contributed by atoms with E-state index in [-0.39, 0.29) is 35.0 Å². The first-order valence-corrected chi connectivity index (χ1v) is 17.8. The molecule has 1 aliphatic heterocycles. The van der Waals surface area contributed by atoms with Crippen LogP contribution in [0.15, 0.2) is 114 Å². The number of hydrogen-bond donors (Lipinski definition) is 0. The van der Waals surface area contributed by atoms with Crippen LogP contribution in [0.25, 0.3) is 22.2 Å².